The second-order valence-electron chi connectivity index (χ2n) is 6.57. The van der Waals surface area contributed by atoms with Crippen molar-refractivity contribution in [2.45, 2.75) is 40.0 Å². The van der Waals surface area contributed by atoms with Gasteiger partial charge in [0.2, 0.25) is 5.91 Å². The molecule has 0 spiro atoms. The van der Waals surface area contributed by atoms with Gasteiger partial charge in [0.25, 0.3) is 0 Å². The Morgan fingerprint density at radius 2 is 1.88 bits per heavy atom. The molecule has 0 saturated carbocycles. The van der Waals surface area contributed by atoms with E-state index in [1.165, 1.54) is 0 Å². The van der Waals surface area contributed by atoms with Gasteiger partial charge in [-0.25, -0.2) is 0 Å². The summed E-state index contributed by atoms with van der Waals surface area (Å²) in [4.78, 5) is 42.4. The van der Waals surface area contributed by atoms with E-state index in [1.807, 2.05) is 29.7 Å². The van der Waals surface area contributed by atoms with Gasteiger partial charge in [-0.1, -0.05) is 0 Å². The fourth-order valence-electron chi connectivity index (χ4n) is 3.19. The van der Waals surface area contributed by atoms with Crippen LogP contribution in [0.2, 0.25) is 0 Å². The summed E-state index contributed by atoms with van der Waals surface area (Å²) in [6, 6.07) is 1.91. The van der Waals surface area contributed by atoms with E-state index in [1.54, 1.807) is 18.3 Å². The number of thiophene rings is 1. The number of aryl methyl sites for hydroxylation is 2. The highest BCUT2D eigenvalue weighted by Gasteiger charge is 2.22. The standard InChI is InChI=1S/C19H28N2O4S/c1-4-25-19(24)13-20-8-5-9-21(11-10-20)18(23)7-6-17(22)16-12-14(2)26-15(16)3/h12H,4-11,13H2,1-3H3. The fraction of sp³-hybridized carbons (Fsp3) is 0.632. The molecule has 0 N–H and O–H groups in total. The predicted octanol–water partition coefficient (Wildman–Crippen LogP) is 2.43. The maximum atomic E-state index is 12.5. The van der Waals surface area contributed by atoms with Gasteiger partial charge in [0.05, 0.1) is 13.2 Å². The summed E-state index contributed by atoms with van der Waals surface area (Å²) in [5.74, 6) is -0.167. The third-order valence-electron chi connectivity index (χ3n) is 4.51. The molecule has 1 fully saturated rings. The zero-order valence-corrected chi connectivity index (χ0v) is 16.7. The third kappa shape index (κ3) is 5.92. The molecule has 6 nitrogen and oxygen atoms in total. The first-order valence-corrected chi connectivity index (χ1v) is 9.98. The van der Waals surface area contributed by atoms with Crippen LogP contribution in [0.15, 0.2) is 6.07 Å². The highest BCUT2D eigenvalue weighted by atomic mass is 32.1. The number of carbonyl (C=O) groups excluding carboxylic acids is 3. The third-order valence-corrected chi connectivity index (χ3v) is 5.47. The Hall–Kier alpha value is -1.73. The quantitative estimate of drug-likeness (QED) is 0.537. The van der Waals surface area contributed by atoms with Crippen molar-refractivity contribution in [3.63, 3.8) is 0 Å². The summed E-state index contributed by atoms with van der Waals surface area (Å²) >= 11 is 1.61. The molecule has 26 heavy (non-hydrogen) atoms. The van der Waals surface area contributed by atoms with Gasteiger partial charge in [-0.3, -0.25) is 19.3 Å². The Morgan fingerprint density at radius 3 is 2.54 bits per heavy atom. The Balaban J connectivity index is 1.80. The van der Waals surface area contributed by atoms with E-state index in [2.05, 4.69) is 0 Å². The zero-order valence-electron chi connectivity index (χ0n) is 15.9. The first-order valence-electron chi connectivity index (χ1n) is 9.16. The summed E-state index contributed by atoms with van der Waals surface area (Å²) in [5.41, 5.74) is 0.747. The number of esters is 1. The zero-order chi connectivity index (χ0) is 19.1. The molecule has 1 saturated heterocycles. The van der Waals surface area contributed by atoms with Crippen LogP contribution in [0, 0.1) is 13.8 Å². The van der Waals surface area contributed by atoms with Gasteiger partial charge in [-0.05, 0) is 33.3 Å². The summed E-state index contributed by atoms with van der Waals surface area (Å²) in [5, 5.41) is 0. The number of ether oxygens (including phenoxy) is 1. The number of ketones is 1. The van der Waals surface area contributed by atoms with Gasteiger partial charge in [0, 0.05) is 54.3 Å². The average molecular weight is 381 g/mol. The normalized spacial score (nSPS) is 15.6. The first kappa shape index (κ1) is 20.6. The van der Waals surface area contributed by atoms with Crippen molar-refractivity contribution < 1.29 is 19.1 Å². The van der Waals surface area contributed by atoms with Gasteiger partial charge in [-0.15, -0.1) is 11.3 Å². The second-order valence-corrected chi connectivity index (χ2v) is 8.03. The predicted molar refractivity (Wildman–Crippen MR) is 102 cm³/mol. The molecule has 1 aliphatic rings. The molecule has 1 aromatic heterocycles. The molecule has 1 aliphatic heterocycles. The van der Waals surface area contributed by atoms with Gasteiger partial charge in [0.15, 0.2) is 5.78 Å². The lowest BCUT2D eigenvalue weighted by Crippen LogP contribution is -2.37. The van der Waals surface area contributed by atoms with Crippen molar-refractivity contribution in [3.8, 4) is 0 Å². The Kier molecular flexibility index (Phi) is 7.78. The van der Waals surface area contributed by atoms with Crippen LogP contribution in [0.1, 0.15) is 46.3 Å². The molecule has 0 unspecified atom stereocenters. The summed E-state index contributed by atoms with van der Waals surface area (Å²) < 4.78 is 4.98. The fourth-order valence-corrected chi connectivity index (χ4v) is 4.13. The van der Waals surface area contributed by atoms with Crippen LogP contribution in [-0.4, -0.2) is 66.8 Å². The van der Waals surface area contributed by atoms with Crippen molar-refractivity contribution in [3.05, 3.63) is 21.4 Å². The van der Waals surface area contributed by atoms with Gasteiger partial charge < -0.3 is 9.64 Å². The monoisotopic (exact) mass is 380 g/mol. The van der Waals surface area contributed by atoms with Crippen LogP contribution in [0.4, 0.5) is 0 Å². The number of carbonyl (C=O) groups is 3. The molecule has 2 rings (SSSR count). The van der Waals surface area contributed by atoms with E-state index in [0.29, 0.717) is 26.2 Å². The molecule has 0 radical (unpaired) electrons. The topological polar surface area (TPSA) is 66.9 Å². The molecule has 0 bridgehead atoms. The molecule has 7 heteroatoms. The summed E-state index contributed by atoms with van der Waals surface area (Å²) in [6.45, 7) is 9.06. The minimum Gasteiger partial charge on any atom is -0.465 e. The summed E-state index contributed by atoms with van der Waals surface area (Å²) in [7, 11) is 0. The molecular formula is C19H28N2O4S. The number of amides is 1. The maximum Gasteiger partial charge on any atom is 0.320 e. The Labute approximate surface area is 159 Å². The molecule has 0 atom stereocenters. The van der Waals surface area contributed by atoms with E-state index < -0.39 is 0 Å². The van der Waals surface area contributed by atoms with Crippen LogP contribution >= 0.6 is 11.3 Å². The van der Waals surface area contributed by atoms with E-state index >= 15 is 0 Å². The number of nitrogens with zero attached hydrogens (tertiary/aromatic N) is 2. The number of hydrogen-bond acceptors (Lipinski definition) is 6. The van der Waals surface area contributed by atoms with Crippen LogP contribution in [0.5, 0.6) is 0 Å². The van der Waals surface area contributed by atoms with Crippen LogP contribution in [-0.2, 0) is 14.3 Å². The lowest BCUT2D eigenvalue weighted by Gasteiger charge is -2.21. The number of rotatable bonds is 7. The average Bonchev–Trinajstić information content (AvgIpc) is 2.79. The largest absolute Gasteiger partial charge is 0.465 e. The van der Waals surface area contributed by atoms with Crippen molar-refractivity contribution in [2.24, 2.45) is 0 Å². The van der Waals surface area contributed by atoms with Crippen molar-refractivity contribution in [1.29, 1.82) is 0 Å². The van der Waals surface area contributed by atoms with Gasteiger partial charge >= 0.3 is 5.97 Å². The molecule has 0 aromatic carbocycles. The molecule has 1 amide bonds. The minimum atomic E-state index is -0.223. The summed E-state index contributed by atoms with van der Waals surface area (Å²) in [6.07, 6.45) is 1.31. The van der Waals surface area contributed by atoms with E-state index in [0.717, 1.165) is 28.3 Å². The van der Waals surface area contributed by atoms with Crippen molar-refractivity contribution >= 4 is 29.0 Å². The molecular weight excluding hydrogens is 352 g/mol. The van der Waals surface area contributed by atoms with E-state index in [4.69, 9.17) is 4.74 Å². The molecule has 144 valence electrons. The minimum absolute atomic E-state index is 0.0148. The molecule has 0 aliphatic carbocycles. The molecule has 2 heterocycles. The van der Waals surface area contributed by atoms with Crippen LogP contribution in [0.25, 0.3) is 0 Å². The Morgan fingerprint density at radius 1 is 1.12 bits per heavy atom. The highest BCUT2D eigenvalue weighted by Crippen LogP contribution is 2.22. The van der Waals surface area contributed by atoms with Gasteiger partial charge in [-0.2, -0.15) is 0 Å². The lowest BCUT2D eigenvalue weighted by molar-refractivity contribution is -0.144. The first-order chi connectivity index (χ1) is 12.4. The van der Waals surface area contributed by atoms with Crippen molar-refractivity contribution in [2.75, 3.05) is 39.3 Å². The van der Waals surface area contributed by atoms with Crippen LogP contribution < -0.4 is 0 Å². The number of hydrogen-bond donors (Lipinski definition) is 0. The maximum absolute atomic E-state index is 12.5. The smallest absolute Gasteiger partial charge is 0.320 e. The lowest BCUT2D eigenvalue weighted by atomic mass is 10.1. The number of Topliss-reactive ketones (excluding diaryl/α,β-unsaturated/α-hetero) is 1. The van der Waals surface area contributed by atoms with Gasteiger partial charge in [0.1, 0.15) is 0 Å². The second kappa shape index (κ2) is 9.83. The molecule has 1 aromatic rings. The van der Waals surface area contributed by atoms with Crippen LogP contribution in [0.3, 0.4) is 0 Å². The van der Waals surface area contributed by atoms with E-state index in [9.17, 15) is 14.4 Å². The van der Waals surface area contributed by atoms with E-state index in [-0.39, 0.29) is 37.0 Å². The highest BCUT2D eigenvalue weighted by molar-refractivity contribution is 7.12. The Bertz CT molecular complexity index is 656. The SMILES string of the molecule is CCOC(=O)CN1CCCN(C(=O)CCC(=O)c2cc(C)sc2C)CC1. The van der Waals surface area contributed by atoms with Crippen molar-refractivity contribution in [1.82, 2.24) is 9.80 Å².